The van der Waals surface area contributed by atoms with Crippen molar-refractivity contribution in [2.75, 3.05) is 20.3 Å². The third-order valence-electron chi connectivity index (χ3n) is 6.63. The molecule has 1 saturated carbocycles. The van der Waals surface area contributed by atoms with Crippen LogP contribution in [0.25, 0.3) is 11.1 Å². The van der Waals surface area contributed by atoms with Gasteiger partial charge in [0.15, 0.2) is 0 Å². The van der Waals surface area contributed by atoms with Gasteiger partial charge in [-0.15, -0.1) is 0 Å². The van der Waals surface area contributed by atoms with Gasteiger partial charge in [-0.25, -0.2) is 9.59 Å². The number of fused-ring (bicyclic) bond motifs is 3. The van der Waals surface area contributed by atoms with E-state index in [0.29, 0.717) is 19.3 Å². The number of aliphatic carboxylic acids is 1. The van der Waals surface area contributed by atoms with E-state index in [9.17, 15) is 19.5 Å². The molecule has 0 aliphatic heterocycles. The number of benzene rings is 2. The highest BCUT2D eigenvalue weighted by atomic mass is 16.5. The number of carbonyl (C=O) groups excluding carboxylic acids is 2. The molecule has 8 heteroatoms. The van der Waals surface area contributed by atoms with E-state index >= 15 is 0 Å². The molecule has 8 nitrogen and oxygen atoms in total. The van der Waals surface area contributed by atoms with E-state index in [4.69, 9.17) is 9.47 Å². The van der Waals surface area contributed by atoms with Gasteiger partial charge in [0, 0.05) is 13.0 Å². The first kappa shape index (κ1) is 22.8. The molecule has 33 heavy (non-hydrogen) atoms. The van der Waals surface area contributed by atoms with Crippen LogP contribution in [0.3, 0.4) is 0 Å². The normalized spacial score (nSPS) is 17.6. The molecule has 4 rings (SSSR count). The molecule has 0 spiro atoms. The van der Waals surface area contributed by atoms with Gasteiger partial charge >= 0.3 is 12.1 Å². The van der Waals surface area contributed by atoms with Crippen LogP contribution in [0.15, 0.2) is 48.5 Å². The number of nitrogens with one attached hydrogen (secondary N) is 2. The second-order valence-electron chi connectivity index (χ2n) is 8.91. The van der Waals surface area contributed by atoms with E-state index in [1.807, 2.05) is 48.5 Å². The molecular weight excluding hydrogens is 424 g/mol. The third-order valence-corrected chi connectivity index (χ3v) is 6.63. The Hall–Kier alpha value is -3.39. The number of carboxylic acids is 1. The van der Waals surface area contributed by atoms with Gasteiger partial charge in [-0.1, -0.05) is 48.5 Å². The minimum absolute atomic E-state index is 0.101. The Balaban J connectivity index is 1.45. The number of rotatable bonds is 8. The van der Waals surface area contributed by atoms with Gasteiger partial charge in [-0.2, -0.15) is 0 Å². The molecule has 1 unspecified atom stereocenters. The number of hydrogen-bond donors (Lipinski definition) is 3. The number of hydrogen-bond acceptors (Lipinski definition) is 5. The van der Waals surface area contributed by atoms with Crippen molar-refractivity contribution >= 4 is 18.0 Å². The first-order chi connectivity index (χ1) is 15.8. The largest absolute Gasteiger partial charge is 0.480 e. The Labute approximate surface area is 192 Å². The molecule has 0 heterocycles. The highest BCUT2D eigenvalue weighted by Gasteiger charge is 2.49. The van der Waals surface area contributed by atoms with Crippen molar-refractivity contribution in [1.29, 1.82) is 0 Å². The van der Waals surface area contributed by atoms with Crippen LogP contribution >= 0.6 is 0 Å². The molecule has 2 aliphatic carbocycles. The number of amides is 2. The first-order valence-corrected chi connectivity index (χ1v) is 11.0. The summed E-state index contributed by atoms with van der Waals surface area (Å²) in [6.07, 6.45) is 0.641. The van der Waals surface area contributed by atoms with E-state index in [1.54, 1.807) is 0 Å². The fourth-order valence-corrected chi connectivity index (χ4v) is 4.58. The van der Waals surface area contributed by atoms with E-state index in [-0.39, 0.29) is 19.1 Å². The summed E-state index contributed by atoms with van der Waals surface area (Å²) in [5.74, 6) is -1.82. The number of carboxylic acid groups (broad SMARTS) is 1. The quantitative estimate of drug-likeness (QED) is 0.567. The van der Waals surface area contributed by atoms with Gasteiger partial charge in [-0.3, -0.25) is 4.79 Å². The summed E-state index contributed by atoms with van der Waals surface area (Å²) >= 11 is 0. The van der Waals surface area contributed by atoms with Crippen molar-refractivity contribution in [2.24, 2.45) is 0 Å². The summed E-state index contributed by atoms with van der Waals surface area (Å²) in [7, 11) is 1.40. The van der Waals surface area contributed by atoms with E-state index in [2.05, 4.69) is 10.6 Å². The van der Waals surface area contributed by atoms with E-state index in [1.165, 1.54) is 14.0 Å². The average Bonchev–Trinajstić information content (AvgIpc) is 3.08. The summed E-state index contributed by atoms with van der Waals surface area (Å²) in [4.78, 5) is 37.3. The predicted molar refractivity (Wildman–Crippen MR) is 121 cm³/mol. The van der Waals surface area contributed by atoms with Crippen LogP contribution in [0.2, 0.25) is 0 Å². The Morgan fingerprint density at radius 2 is 1.64 bits per heavy atom. The van der Waals surface area contributed by atoms with E-state index < -0.39 is 29.0 Å². The Morgan fingerprint density at radius 1 is 1.06 bits per heavy atom. The van der Waals surface area contributed by atoms with Crippen LogP contribution in [0, 0.1) is 0 Å². The summed E-state index contributed by atoms with van der Waals surface area (Å²) in [6, 6.07) is 16.0. The summed E-state index contributed by atoms with van der Waals surface area (Å²) in [6.45, 7) is 1.45. The van der Waals surface area contributed by atoms with Crippen LogP contribution in [-0.4, -0.2) is 54.5 Å². The van der Waals surface area contributed by atoms with Gasteiger partial charge in [0.2, 0.25) is 5.91 Å². The van der Waals surface area contributed by atoms with Crippen molar-refractivity contribution in [3.63, 3.8) is 0 Å². The molecule has 0 saturated heterocycles. The van der Waals surface area contributed by atoms with Crippen LogP contribution in [0.5, 0.6) is 0 Å². The lowest BCUT2D eigenvalue weighted by Crippen LogP contribution is -2.67. The topological polar surface area (TPSA) is 114 Å². The molecule has 3 N–H and O–H groups in total. The second-order valence-corrected chi connectivity index (χ2v) is 8.91. The molecule has 1 fully saturated rings. The van der Waals surface area contributed by atoms with Crippen molar-refractivity contribution in [3.05, 3.63) is 59.7 Å². The summed E-state index contributed by atoms with van der Waals surface area (Å²) in [5.41, 5.74) is 1.61. The molecule has 0 aromatic heterocycles. The maximum absolute atomic E-state index is 13.0. The van der Waals surface area contributed by atoms with Crippen molar-refractivity contribution < 1.29 is 29.0 Å². The molecule has 2 aromatic rings. The van der Waals surface area contributed by atoms with Crippen LogP contribution in [0.4, 0.5) is 4.79 Å². The zero-order valence-corrected chi connectivity index (χ0v) is 18.7. The fraction of sp³-hybridized carbons (Fsp3) is 0.400. The van der Waals surface area contributed by atoms with Crippen molar-refractivity contribution in [3.8, 4) is 11.1 Å². The number of carbonyl (C=O) groups is 3. The number of ether oxygens (including phenoxy) is 2. The van der Waals surface area contributed by atoms with Gasteiger partial charge in [0.25, 0.3) is 0 Å². The minimum atomic E-state index is -1.49. The fourth-order valence-electron chi connectivity index (χ4n) is 4.58. The van der Waals surface area contributed by atoms with Crippen LogP contribution in [0.1, 0.15) is 43.2 Å². The lowest BCUT2D eigenvalue weighted by molar-refractivity contribution is -0.153. The Kier molecular flexibility index (Phi) is 6.12. The molecule has 1 atom stereocenters. The molecular formula is C25H28N2O6. The molecule has 2 aliphatic rings. The average molecular weight is 453 g/mol. The zero-order chi connectivity index (χ0) is 23.6. The lowest BCUT2D eigenvalue weighted by atomic mass is 9.76. The molecule has 174 valence electrons. The smallest absolute Gasteiger partial charge is 0.408 e. The summed E-state index contributed by atoms with van der Waals surface area (Å²) in [5, 5.41) is 14.7. The third kappa shape index (κ3) is 4.18. The molecule has 2 aromatic carbocycles. The Bertz CT molecular complexity index is 1030. The Morgan fingerprint density at radius 3 is 2.12 bits per heavy atom. The monoisotopic (exact) mass is 452 g/mol. The maximum atomic E-state index is 13.0. The van der Waals surface area contributed by atoms with Gasteiger partial charge in [0.05, 0.1) is 6.61 Å². The lowest BCUT2D eigenvalue weighted by Gasteiger charge is -2.41. The molecule has 0 radical (unpaired) electrons. The standard InChI is InChI=1S/C25H28N2O6/c1-24(15-32-2,21(28)26-25(22(29)30)12-7-13-25)27-23(31)33-14-20-18-10-5-3-8-16(18)17-9-4-6-11-19(17)20/h3-6,8-11,20H,7,12-15H2,1-2H3,(H,26,28)(H,27,31)(H,29,30). The highest BCUT2D eigenvalue weighted by molar-refractivity contribution is 5.94. The second kappa shape index (κ2) is 8.86. The van der Waals surface area contributed by atoms with Gasteiger partial charge < -0.3 is 25.2 Å². The minimum Gasteiger partial charge on any atom is -0.480 e. The van der Waals surface area contributed by atoms with Gasteiger partial charge in [0.1, 0.15) is 17.7 Å². The predicted octanol–water partition coefficient (Wildman–Crippen LogP) is 3.05. The zero-order valence-electron chi connectivity index (χ0n) is 18.7. The van der Waals surface area contributed by atoms with Crippen molar-refractivity contribution in [2.45, 2.75) is 43.2 Å². The first-order valence-electron chi connectivity index (χ1n) is 11.0. The SMILES string of the molecule is COCC(C)(NC(=O)OCC1c2ccccc2-c2ccccc21)C(=O)NC1(C(=O)O)CCC1. The highest BCUT2D eigenvalue weighted by Crippen LogP contribution is 2.44. The van der Waals surface area contributed by atoms with Crippen LogP contribution in [-0.2, 0) is 19.1 Å². The van der Waals surface area contributed by atoms with Crippen molar-refractivity contribution in [1.82, 2.24) is 10.6 Å². The van der Waals surface area contributed by atoms with Crippen LogP contribution < -0.4 is 10.6 Å². The maximum Gasteiger partial charge on any atom is 0.408 e. The number of methoxy groups -OCH3 is 1. The number of alkyl carbamates (subject to hydrolysis) is 1. The molecule has 2 amide bonds. The molecule has 0 bridgehead atoms. The van der Waals surface area contributed by atoms with E-state index in [0.717, 1.165) is 22.3 Å². The van der Waals surface area contributed by atoms with Gasteiger partial charge in [-0.05, 0) is 48.4 Å². The summed E-state index contributed by atoms with van der Waals surface area (Å²) < 4.78 is 10.7.